The monoisotopic (exact) mass is 278 g/mol. The first-order valence-corrected chi connectivity index (χ1v) is 7.68. The first-order chi connectivity index (χ1) is 9.66. The Morgan fingerprint density at radius 2 is 2.10 bits per heavy atom. The lowest BCUT2D eigenvalue weighted by Crippen LogP contribution is -2.11. The Balaban J connectivity index is 1.75. The highest BCUT2D eigenvalue weighted by molar-refractivity contribution is 5.38. The van der Waals surface area contributed by atoms with Gasteiger partial charge in [-0.15, -0.1) is 0 Å². The van der Waals surface area contributed by atoms with E-state index in [1.165, 1.54) is 5.56 Å². The minimum Gasteiger partial charge on any atom is -0.491 e. The zero-order chi connectivity index (χ0) is 14.4. The topological polar surface area (TPSA) is 38.7 Å². The van der Waals surface area contributed by atoms with Crippen molar-refractivity contribution in [1.29, 1.82) is 0 Å². The van der Waals surface area contributed by atoms with E-state index in [2.05, 4.69) is 19.9 Å². The van der Waals surface area contributed by atoms with E-state index in [1.54, 1.807) is 0 Å². The molecule has 0 saturated carbocycles. The fourth-order valence-corrected chi connectivity index (χ4v) is 2.48. The Kier molecular flexibility index (Phi) is 5.86. The third-order valence-corrected chi connectivity index (χ3v) is 3.74. The molecule has 0 bridgehead atoms. The molecule has 1 aromatic rings. The van der Waals surface area contributed by atoms with Crippen LogP contribution in [0.3, 0.4) is 0 Å². The summed E-state index contributed by atoms with van der Waals surface area (Å²) in [5.41, 5.74) is 2.29. The summed E-state index contributed by atoms with van der Waals surface area (Å²) in [5.74, 6) is 1.51. The van der Waals surface area contributed by atoms with Crippen molar-refractivity contribution in [3.8, 4) is 5.75 Å². The van der Waals surface area contributed by atoms with Crippen LogP contribution in [0.25, 0.3) is 0 Å². The maximum atomic E-state index is 10.00. The molecule has 0 saturated heterocycles. The van der Waals surface area contributed by atoms with Crippen LogP contribution in [0.4, 0.5) is 0 Å². The molecule has 0 spiro atoms. The predicted octanol–water partition coefficient (Wildman–Crippen LogP) is 3.50. The van der Waals surface area contributed by atoms with E-state index in [0.717, 1.165) is 43.6 Å². The summed E-state index contributed by atoms with van der Waals surface area (Å²) in [6, 6.07) is 6.05. The molecule has 3 heteroatoms. The van der Waals surface area contributed by atoms with Gasteiger partial charge in [0.05, 0.1) is 12.7 Å². The van der Waals surface area contributed by atoms with Gasteiger partial charge in [-0.05, 0) is 54.9 Å². The normalized spacial score (nSPS) is 18.1. The average molecular weight is 278 g/mol. The van der Waals surface area contributed by atoms with Crippen molar-refractivity contribution in [3.05, 3.63) is 29.3 Å². The number of aliphatic hydroxyl groups excluding tert-OH is 1. The quantitative estimate of drug-likeness (QED) is 0.776. The summed E-state index contributed by atoms with van der Waals surface area (Å²) >= 11 is 0. The Bertz CT molecular complexity index is 415. The molecule has 1 atom stereocenters. The maximum Gasteiger partial charge on any atom is 0.119 e. The smallest absolute Gasteiger partial charge is 0.119 e. The Labute approximate surface area is 121 Å². The molecule has 3 nitrogen and oxygen atoms in total. The van der Waals surface area contributed by atoms with Gasteiger partial charge in [0.15, 0.2) is 0 Å². The van der Waals surface area contributed by atoms with Crippen LogP contribution in [0.2, 0.25) is 0 Å². The van der Waals surface area contributed by atoms with Gasteiger partial charge in [-0.25, -0.2) is 0 Å². The van der Waals surface area contributed by atoms with Crippen LogP contribution in [0.1, 0.15) is 50.3 Å². The molecule has 0 radical (unpaired) electrons. The number of aliphatic hydroxyl groups is 1. The van der Waals surface area contributed by atoms with Crippen LogP contribution in [-0.4, -0.2) is 24.9 Å². The predicted molar refractivity (Wildman–Crippen MR) is 80.1 cm³/mol. The van der Waals surface area contributed by atoms with Gasteiger partial charge in [-0.1, -0.05) is 19.9 Å². The van der Waals surface area contributed by atoms with E-state index in [9.17, 15) is 5.11 Å². The molecular formula is C17H26O3. The molecule has 1 aromatic carbocycles. The van der Waals surface area contributed by atoms with E-state index >= 15 is 0 Å². The van der Waals surface area contributed by atoms with Gasteiger partial charge in [0.2, 0.25) is 0 Å². The second kappa shape index (κ2) is 7.65. The largest absolute Gasteiger partial charge is 0.491 e. The van der Waals surface area contributed by atoms with Crippen molar-refractivity contribution >= 4 is 0 Å². The van der Waals surface area contributed by atoms with Gasteiger partial charge in [0, 0.05) is 6.61 Å². The molecule has 20 heavy (non-hydrogen) atoms. The van der Waals surface area contributed by atoms with Crippen LogP contribution in [0.5, 0.6) is 5.75 Å². The fourth-order valence-electron chi connectivity index (χ4n) is 2.48. The maximum absolute atomic E-state index is 10.00. The number of aryl methyl sites for hydroxylation is 1. The summed E-state index contributed by atoms with van der Waals surface area (Å²) < 4.78 is 11.2. The fraction of sp³-hybridized carbons (Fsp3) is 0.647. The zero-order valence-electron chi connectivity index (χ0n) is 12.6. The highest BCUT2D eigenvalue weighted by atomic mass is 16.5. The van der Waals surface area contributed by atoms with Crippen LogP contribution in [0.15, 0.2) is 18.2 Å². The highest BCUT2D eigenvalue weighted by Crippen LogP contribution is 2.32. The van der Waals surface area contributed by atoms with Crippen molar-refractivity contribution in [3.63, 3.8) is 0 Å². The summed E-state index contributed by atoms with van der Waals surface area (Å²) in [5, 5.41) is 10.00. The standard InChI is InChI=1S/C17H26O3/c1-13(2)8-9-19-10-11-20-15-7-6-14-4-3-5-17(18)16(14)12-15/h6-7,12-13,17-18H,3-5,8-11H2,1-2H3/t17-/m0/s1. The molecule has 0 amide bonds. The molecule has 1 aliphatic carbocycles. The van der Waals surface area contributed by atoms with Gasteiger partial charge >= 0.3 is 0 Å². The lowest BCUT2D eigenvalue weighted by atomic mass is 9.89. The van der Waals surface area contributed by atoms with Crippen molar-refractivity contribution in [2.75, 3.05) is 19.8 Å². The summed E-state index contributed by atoms with van der Waals surface area (Å²) in [6.07, 6.45) is 3.74. The third-order valence-electron chi connectivity index (χ3n) is 3.74. The Morgan fingerprint density at radius 3 is 2.90 bits per heavy atom. The second-order valence-corrected chi connectivity index (χ2v) is 5.91. The zero-order valence-corrected chi connectivity index (χ0v) is 12.6. The van der Waals surface area contributed by atoms with Gasteiger partial charge in [0.1, 0.15) is 12.4 Å². The first-order valence-electron chi connectivity index (χ1n) is 7.68. The molecule has 0 aromatic heterocycles. The first kappa shape index (κ1) is 15.3. The van der Waals surface area contributed by atoms with Crippen LogP contribution in [-0.2, 0) is 11.2 Å². The van der Waals surface area contributed by atoms with Crippen LogP contribution < -0.4 is 4.74 Å². The minimum atomic E-state index is -0.329. The van der Waals surface area contributed by atoms with Crippen molar-refractivity contribution < 1.29 is 14.6 Å². The van der Waals surface area contributed by atoms with E-state index in [1.807, 2.05) is 12.1 Å². The highest BCUT2D eigenvalue weighted by Gasteiger charge is 2.18. The molecule has 2 rings (SSSR count). The van der Waals surface area contributed by atoms with Crippen LogP contribution in [0, 0.1) is 5.92 Å². The molecular weight excluding hydrogens is 252 g/mol. The molecule has 0 aliphatic heterocycles. The molecule has 1 aliphatic rings. The number of hydrogen-bond donors (Lipinski definition) is 1. The molecule has 0 unspecified atom stereocenters. The van der Waals surface area contributed by atoms with Gasteiger partial charge < -0.3 is 14.6 Å². The second-order valence-electron chi connectivity index (χ2n) is 5.91. The van der Waals surface area contributed by atoms with E-state index in [-0.39, 0.29) is 6.10 Å². The van der Waals surface area contributed by atoms with Crippen molar-refractivity contribution in [1.82, 2.24) is 0 Å². The van der Waals surface area contributed by atoms with Gasteiger partial charge in [0.25, 0.3) is 0 Å². The minimum absolute atomic E-state index is 0.329. The molecule has 112 valence electrons. The molecule has 0 fully saturated rings. The van der Waals surface area contributed by atoms with Gasteiger partial charge in [-0.3, -0.25) is 0 Å². The molecule has 0 heterocycles. The van der Waals surface area contributed by atoms with E-state index < -0.39 is 0 Å². The number of fused-ring (bicyclic) bond motifs is 1. The van der Waals surface area contributed by atoms with Gasteiger partial charge in [-0.2, -0.15) is 0 Å². The Hall–Kier alpha value is -1.06. The lowest BCUT2D eigenvalue weighted by Gasteiger charge is -2.22. The number of hydrogen-bond acceptors (Lipinski definition) is 3. The Morgan fingerprint density at radius 1 is 1.25 bits per heavy atom. The average Bonchev–Trinajstić information content (AvgIpc) is 2.43. The summed E-state index contributed by atoms with van der Waals surface area (Å²) in [4.78, 5) is 0. The van der Waals surface area contributed by atoms with Crippen LogP contribution >= 0.6 is 0 Å². The molecule has 1 N–H and O–H groups in total. The van der Waals surface area contributed by atoms with Crippen molar-refractivity contribution in [2.45, 2.75) is 45.6 Å². The van der Waals surface area contributed by atoms with E-state index in [4.69, 9.17) is 9.47 Å². The van der Waals surface area contributed by atoms with E-state index in [0.29, 0.717) is 19.1 Å². The number of ether oxygens (including phenoxy) is 2. The SMILES string of the molecule is CC(C)CCOCCOc1ccc2c(c1)[C@@H](O)CCC2. The lowest BCUT2D eigenvalue weighted by molar-refractivity contribution is 0.0923. The summed E-state index contributed by atoms with van der Waals surface area (Å²) in [7, 11) is 0. The van der Waals surface area contributed by atoms with Crippen molar-refractivity contribution in [2.24, 2.45) is 5.92 Å². The summed E-state index contributed by atoms with van der Waals surface area (Å²) in [6.45, 7) is 6.36. The number of benzene rings is 1. The number of rotatable bonds is 7. The third kappa shape index (κ3) is 4.50.